The Balaban J connectivity index is 2.85. The van der Waals surface area contributed by atoms with Gasteiger partial charge in [-0.05, 0) is 12.1 Å². The molecule has 0 unspecified atom stereocenters. The van der Waals surface area contributed by atoms with Gasteiger partial charge in [0, 0.05) is 36.8 Å². The maximum absolute atomic E-state index is 10.9. The maximum Gasteiger partial charge on any atom is 0.245 e. The van der Waals surface area contributed by atoms with Gasteiger partial charge in [0.2, 0.25) is 5.91 Å². The van der Waals surface area contributed by atoms with E-state index >= 15 is 0 Å². The Labute approximate surface area is 76.5 Å². The number of nitrogens with one attached hydrogen (secondary N) is 1. The fourth-order valence-corrected chi connectivity index (χ4v) is 0.841. The zero-order valence-electron chi connectivity index (χ0n) is 7.32. The number of hydrogen-bond donors (Lipinski definition) is 2. The van der Waals surface area contributed by atoms with Crippen LogP contribution in [0.2, 0.25) is 0 Å². The van der Waals surface area contributed by atoms with Gasteiger partial charge in [-0.25, -0.2) is 0 Å². The van der Waals surface area contributed by atoms with Crippen LogP contribution in [0.1, 0.15) is 5.56 Å². The zero-order chi connectivity index (χ0) is 9.68. The number of nitrogens with two attached hydrogens (primary N) is 1. The molecule has 1 aromatic rings. The van der Waals surface area contributed by atoms with Crippen LogP contribution in [0.3, 0.4) is 0 Å². The highest BCUT2D eigenvalue weighted by Gasteiger charge is 1.97. The average Bonchev–Trinajstić information content (AvgIpc) is 2.19. The molecule has 13 heavy (non-hydrogen) atoms. The molecular weight excluding hydrogens is 166 g/mol. The summed E-state index contributed by atoms with van der Waals surface area (Å²) in [4.78, 5) is 14.8. The van der Waals surface area contributed by atoms with E-state index in [0.717, 1.165) is 5.56 Å². The first kappa shape index (κ1) is 9.25. The van der Waals surface area contributed by atoms with E-state index in [-0.39, 0.29) is 5.91 Å². The Morgan fingerprint density at radius 1 is 1.54 bits per heavy atom. The van der Waals surface area contributed by atoms with Crippen LogP contribution in [-0.4, -0.2) is 17.9 Å². The maximum atomic E-state index is 10.9. The molecule has 1 rings (SSSR count). The molecule has 0 aliphatic rings. The van der Waals surface area contributed by atoms with Crippen LogP contribution in [0.15, 0.2) is 30.6 Å². The summed E-state index contributed by atoms with van der Waals surface area (Å²) >= 11 is 0. The minimum absolute atomic E-state index is 0.214. The van der Waals surface area contributed by atoms with Gasteiger partial charge in [0.15, 0.2) is 0 Å². The van der Waals surface area contributed by atoms with Gasteiger partial charge in [-0.15, -0.1) is 0 Å². The van der Waals surface area contributed by atoms with Crippen molar-refractivity contribution in [2.45, 2.75) is 0 Å². The van der Waals surface area contributed by atoms with Gasteiger partial charge in [0.1, 0.15) is 0 Å². The van der Waals surface area contributed by atoms with Crippen molar-refractivity contribution in [2.75, 3.05) is 7.05 Å². The molecule has 0 aliphatic carbocycles. The fraction of sp³-hybridized carbons (Fsp3) is 0.111. The number of carbonyl (C=O) groups excluding carboxylic acids is 1. The second-order valence-electron chi connectivity index (χ2n) is 2.45. The van der Waals surface area contributed by atoms with Crippen molar-refractivity contribution >= 4 is 11.6 Å². The van der Waals surface area contributed by atoms with Crippen molar-refractivity contribution < 1.29 is 4.79 Å². The van der Waals surface area contributed by atoms with Crippen molar-refractivity contribution in [2.24, 2.45) is 5.73 Å². The van der Waals surface area contributed by atoms with Gasteiger partial charge in [0.25, 0.3) is 0 Å². The number of amides is 1. The van der Waals surface area contributed by atoms with Gasteiger partial charge in [-0.2, -0.15) is 0 Å². The molecule has 1 amide bonds. The third kappa shape index (κ3) is 2.59. The van der Waals surface area contributed by atoms with Gasteiger partial charge in [-0.3, -0.25) is 9.78 Å². The van der Waals surface area contributed by atoms with Crippen LogP contribution in [0.4, 0.5) is 0 Å². The molecular formula is C9H11N3O. The van der Waals surface area contributed by atoms with E-state index in [1.165, 1.54) is 6.08 Å². The molecule has 0 spiro atoms. The number of pyridine rings is 1. The predicted octanol–water partition coefficient (Wildman–Crippen LogP) is 0.127. The first-order valence-corrected chi connectivity index (χ1v) is 3.83. The van der Waals surface area contributed by atoms with Gasteiger partial charge < -0.3 is 11.1 Å². The molecule has 0 saturated heterocycles. The first-order valence-electron chi connectivity index (χ1n) is 3.83. The number of carbonyl (C=O) groups is 1. The normalized spacial score (nSPS) is 11.0. The molecule has 4 nitrogen and oxygen atoms in total. The summed E-state index contributed by atoms with van der Waals surface area (Å²) in [5.74, 6) is -0.214. The van der Waals surface area contributed by atoms with E-state index in [0.29, 0.717) is 5.70 Å². The second-order valence-corrected chi connectivity index (χ2v) is 2.45. The Morgan fingerprint density at radius 3 is 2.69 bits per heavy atom. The number of nitrogens with zero attached hydrogens (tertiary/aromatic N) is 1. The number of aromatic nitrogens is 1. The van der Waals surface area contributed by atoms with Crippen molar-refractivity contribution in [3.63, 3.8) is 0 Å². The van der Waals surface area contributed by atoms with E-state index in [4.69, 9.17) is 5.73 Å². The van der Waals surface area contributed by atoms with Crippen molar-refractivity contribution in [1.29, 1.82) is 0 Å². The van der Waals surface area contributed by atoms with Crippen LogP contribution >= 0.6 is 0 Å². The largest absolute Gasteiger partial charge is 0.398 e. The summed E-state index contributed by atoms with van der Waals surface area (Å²) in [5, 5.41) is 2.45. The van der Waals surface area contributed by atoms with Crippen LogP contribution in [0.5, 0.6) is 0 Å². The number of rotatable bonds is 2. The topological polar surface area (TPSA) is 68.0 Å². The molecule has 1 aromatic heterocycles. The number of hydrogen-bond acceptors (Lipinski definition) is 3. The second kappa shape index (κ2) is 4.25. The summed E-state index contributed by atoms with van der Waals surface area (Å²) in [6.45, 7) is 0. The summed E-state index contributed by atoms with van der Waals surface area (Å²) in [7, 11) is 1.55. The number of likely N-dealkylation sites (N-methyl/N-ethyl adjacent to an activating group) is 1. The van der Waals surface area contributed by atoms with Gasteiger partial charge >= 0.3 is 0 Å². The van der Waals surface area contributed by atoms with E-state index in [1.807, 2.05) is 0 Å². The standard InChI is InChI=1S/C9H11N3O/c1-11-9(13)6-8(10)7-2-4-12-5-3-7/h2-6H,10H2,1H3,(H,11,13)/b8-6-. The van der Waals surface area contributed by atoms with Crippen LogP contribution < -0.4 is 11.1 Å². The van der Waals surface area contributed by atoms with Gasteiger partial charge in [-0.1, -0.05) is 0 Å². The van der Waals surface area contributed by atoms with Gasteiger partial charge in [0.05, 0.1) is 0 Å². The predicted molar refractivity (Wildman–Crippen MR) is 50.5 cm³/mol. The average molecular weight is 177 g/mol. The Bertz CT molecular complexity index is 319. The Morgan fingerprint density at radius 2 is 2.15 bits per heavy atom. The Kier molecular flexibility index (Phi) is 3.03. The molecule has 3 N–H and O–H groups in total. The third-order valence-electron chi connectivity index (χ3n) is 1.55. The Hall–Kier alpha value is -1.84. The summed E-state index contributed by atoms with van der Waals surface area (Å²) in [6.07, 6.45) is 4.59. The molecule has 0 aliphatic heterocycles. The monoisotopic (exact) mass is 177 g/mol. The van der Waals surface area contributed by atoms with E-state index < -0.39 is 0 Å². The summed E-state index contributed by atoms with van der Waals surface area (Å²) < 4.78 is 0. The van der Waals surface area contributed by atoms with E-state index in [1.54, 1.807) is 31.6 Å². The lowest BCUT2D eigenvalue weighted by atomic mass is 10.2. The highest BCUT2D eigenvalue weighted by Crippen LogP contribution is 2.05. The minimum atomic E-state index is -0.214. The lowest BCUT2D eigenvalue weighted by Gasteiger charge is -1.99. The first-order chi connectivity index (χ1) is 6.24. The fourth-order valence-electron chi connectivity index (χ4n) is 0.841. The molecule has 4 heteroatoms. The van der Waals surface area contributed by atoms with E-state index in [9.17, 15) is 4.79 Å². The molecule has 0 fully saturated rings. The molecule has 0 radical (unpaired) electrons. The van der Waals surface area contributed by atoms with Crippen molar-refractivity contribution in [3.8, 4) is 0 Å². The van der Waals surface area contributed by atoms with Crippen LogP contribution in [0.25, 0.3) is 5.70 Å². The molecule has 0 saturated carbocycles. The minimum Gasteiger partial charge on any atom is -0.398 e. The van der Waals surface area contributed by atoms with Crippen molar-refractivity contribution in [1.82, 2.24) is 10.3 Å². The third-order valence-corrected chi connectivity index (χ3v) is 1.55. The lowest BCUT2D eigenvalue weighted by Crippen LogP contribution is -2.16. The molecule has 0 bridgehead atoms. The van der Waals surface area contributed by atoms with Crippen LogP contribution in [-0.2, 0) is 4.79 Å². The van der Waals surface area contributed by atoms with E-state index in [2.05, 4.69) is 10.3 Å². The SMILES string of the molecule is CNC(=O)/C=C(\N)c1ccncc1. The molecule has 0 aromatic carbocycles. The quantitative estimate of drug-likeness (QED) is 0.631. The highest BCUT2D eigenvalue weighted by atomic mass is 16.1. The molecule has 1 heterocycles. The van der Waals surface area contributed by atoms with Crippen LogP contribution in [0, 0.1) is 0 Å². The summed E-state index contributed by atoms with van der Waals surface area (Å²) in [5.41, 5.74) is 6.87. The smallest absolute Gasteiger partial charge is 0.245 e. The zero-order valence-corrected chi connectivity index (χ0v) is 7.32. The lowest BCUT2D eigenvalue weighted by molar-refractivity contribution is -0.116. The highest BCUT2D eigenvalue weighted by molar-refractivity contribution is 5.94. The molecule has 68 valence electrons. The summed E-state index contributed by atoms with van der Waals surface area (Å²) in [6, 6.07) is 3.49. The van der Waals surface area contributed by atoms with Crippen molar-refractivity contribution in [3.05, 3.63) is 36.2 Å². The molecule has 0 atom stereocenters.